The lowest BCUT2D eigenvalue weighted by Gasteiger charge is -2.16. The van der Waals surface area contributed by atoms with E-state index >= 15 is 0 Å². The highest BCUT2D eigenvalue weighted by atomic mass is 35.5. The molecular weight excluding hydrogens is 236 g/mol. The number of hydrogen-bond acceptors (Lipinski definition) is 2. The zero-order valence-electron chi connectivity index (χ0n) is 9.14. The quantitative estimate of drug-likeness (QED) is 0.725. The number of nitrogens with zero attached hydrogens (tertiary/aromatic N) is 2. The Balaban J connectivity index is 2.14. The van der Waals surface area contributed by atoms with Crippen molar-refractivity contribution in [2.24, 2.45) is 0 Å². The lowest BCUT2D eigenvalue weighted by Crippen LogP contribution is -2.25. The first-order chi connectivity index (χ1) is 8.25. The molecule has 1 fully saturated rings. The van der Waals surface area contributed by atoms with Gasteiger partial charge in [0.05, 0.1) is 5.38 Å². The van der Waals surface area contributed by atoms with Crippen LogP contribution in [0.3, 0.4) is 0 Å². The summed E-state index contributed by atoms with van der Waals surface area (Å²) in [4.78, 5) is 17.8. The Bertz CT molecular complexity index is 579. The number of alkyl halides is 1. The molecule has 1 amide bonds. The summed E-state index contributed by atoms with van der Waals surface area (Å²) in [6.45, 7) is 0.543. The fourth-order valence-electron chi connectivity index (χ4n) is 2.19. The van der Waals surface area contributed by atoms with E-state index in [9.17, 15) is 4.79 Å². The minimum Gasteiger partial charge on any atom is -0.295 e. The fourth-order valence-corrected chi connectivity index (χ4v) is 2.46. The van der Waals surface area contributed by atoms with Gasteiger partial charge in [-0.1, -0.05) is 24.3 Å². The highest BCUT2D eigenvalue weighted by Crippen LogP contribution is 2.28. The average molecular weight is 247 g/mol. The lowest BCUT2D eigenvalue weighted by molar-refractivity contribution is -0.117. The molecule has 3 rings (SSSR count). The third-order valence-electron chi connectivity index (χ3n) is 2.99. The number of aromatic nitrogens is 1. The summed E-state index contributed by atoms with van der Waals surface area (Å²) in [5.41, 5.74) is 0. The second-order valence-corrected chi connectivity index (χ2v) is 4.78. The monoisotopic (exact) mass is 246 g/mol. The topological polar surface area (TPSA) is 33.2 Å². The van der Waals surface area contributed by atoms with Crippen LogP contribution in [-0.2, 0) is 4.79 Å². The van der Waals surface area contributed by atoms with Gasteiger partial charge in [-0.3, -0.25) is 9.69 Å². The Morgan fingerprint density at radius 2 is 2.12 bits per heavy atom. The lowest BCUT2D eigenvalue weighted by atomic mass is 10.1. The van der Waals surface area contributed by atoms with Crippen LogP contribution in [0.5, 0.6) is 0 Å². The van der Waals surface area contributed by atoms with E-state index in [0.29, 0.717) is 13.0 Å². The minimum atomic E-state index is -0.108. The van der Waals surface area contributed by atoms with E-state index in [4.69, 9.17) is 11.6 Å². The van der Waals surface area contributed by atoms with Gasteiger partial charge in [-0.25, -0.2) is 4.98 Å². The molecule has 3 nitrogen and oxygen atoms in total. The molecule has 17 heavy (non-hydrogen) atoms. The van der Waals surface area contributed by atoms with E-state index in [1.807, 2.05) is 30.3 Å². The van der Waals surface area contributed by atoms with Crippen LogP contribution in [0.4, 0.5) is 5.82 Å². The standard InChI is InChI=1S/C13H11ClN2O/c14-10-7-12(17)16(8-10)13-11-4-2-1-3-9(11)5-6-15-13/h1-6,10H,7-8H2. The number of fused-ring (bicyclic) bond motifs is 1. The Kier molecular flexibility index (Phi) is 2.48. The molecule has 0 saturated carbocycles. The molecule has 0 bridgehead atoms. The van der Waals surface area contributed by atoms with Crippen molar-refractivity contribution in [3.63, 3.8) is 0 Å². The summed E-state index contributed by atoms with van der Waals surface area (Å²) in [6.07, 6.45) is 2.12. The first kappa shape index (κ1) is 10.5. The number of amides is 1. The van der Waals surface area contributed by atoms with Crippen molar-refractivity contribution in [2.75, 3.05) is 11.4 Å². The van der Waals surface area contributed by atoms with E-state index < -0.39 is 0 Å². The molecule has 2 heterocycles. The van der Waals surface area contributed by atoms with Gasteiger partial charge in [0.25, 0.3) is 0 Å². The predicted octanol–water partition coefficient (Wildman–Crippen LogP) is 2.58. The molecule has 2 aromatic rings. The normalized spacial score (nSPS) is 20.2. The summed E-state index contributed by atoms with van der Waals surface area (Å²) in [5, 5.41) is 1.97. The number of halogens is 1. The highest BCUT2D eigenvalue weighted by molar-refractivity contribution is 6.24. The minimum absolute atomic E-state index is 0.0499. The highest BCUT2D eigenvalue weighted by Gasteiger charge is 2.30. The maximum atomic E-state index is 11.8. The number of pyridine rings is 1. The molecule has 0 radical (unpaired) electrons. The molecule has 1 saturated heterocycles. The Morgan fingerprint density at radius 1 is 1.29 bits per heavy atom. The second-order valence-electron chi connectivity index (χ2n) is 4.16. The maximum Gasteiger partial charge on any atom is 0.229 e. The smallest absolute Gasteiger partial charge is 0.229 e. The van der Waals surface area contributed by atoms with E-state index in [-0.39, 0.29) is 11.3 Å². The van der Waals surface area contributed by atoms with Crippen molar-refractivity contribution in [1.29, 1.82) is 0 Å². The van der Waals surface area contributed by atoms with Crippen molar-refractivity contribution < 1.29 is 4.79 Å². The van der Waals surface area contributed by atoms with Crippen LogP contribution in [-0.4, -0.2) is 22.8 Å². The third kappa shape index (κ3) is 1.76. The average Bonchev–Trinajstić information content (AvgIpc) is 2.68. The predicted molar refractivity (Wildman–Crippen MR) is 68.4 cm³/mol. The SMILES string of the molecule is O=C1CC(Cl)CN1c1nccc2ccccc12. The molecule has 86 valence electrons. The molecule has 4 heteroatoms. The maximum absolute atomic E-state index is 11.8. The van der Waals surface area contributed by atoms with Crippen LogP contribution in [0.25, 0.3) is 10.8 Å². The second kappa shape index (κ2) is 4.00. The molecule has 1 aromatic heterocycles. The van der Waals surface area contributed by atoms with E-state index in [0.717, 1.165) is 16.6 Å². The van der Waals surface area contributed by atoms with Crippen LogP contribution in [0, 0.1) is 0 Å². The summed E-state index contributed by atoms with van der Waals surface area (Å²) >= 11 is 6.01. The number of anilines is 1. The van der Waals surface area contributed by atoms with Gasteiger partial charge in [0.1, 0.15) is 5.82 Å². The first-order valence-electron chi connectivity index (χ1n) is 5.54. The van der Waals surface area contributed by atoms with Gasteiger partial charge < -0.3 is 0 Å². The van der Waals surface area contributed by atoms with Gasteiger partial charge in [0.15, 0.2) is 0 Å². The summed E-state index contributed by atoms with van der Waals surface area (Å²) in [5.74, 6) is 0.769. The summed E-state index contributed by atoms with van der Waals surface area (Å²) in [6, 6.07) is 9.86. The summed E-state index contributed by atoms with van der Waals surface area (Å²) in [7, 11) is 0. The number of rotatable bonds is 1. The van der Waals surface area contributed by atoms with Crippen LogP contribution in [0.15, 0.2) is 36.5 Å². The summed E-state index contributed by atoms with van der Waals surface area (Å²) < 4.78 is 0. The van der Waals surface area contributed by atoms with E-state index in [2.05, 4.69) is 4.98 Å². The Labute approximate surface area is 104 Å². The van der Waals surface area contributed by atoms with Crippen molar-refractivity contribution in [1.82, 2.24) is 4.98 Å². The first-order valence-corrected chi connectivity index (χ1v) is 5.97. The molecule has 1 aliphatic heterocycles. The molecule has 1 aromatic carbocycles. The fraction of sp³-hybridized carbons (Fsp3) is 0.231. The van der Waals surface area contributed by atoms with Gasteiger partial charge in [0.2, 0.25) is 5.91 Å². The molecule has 0 spiro atoms. The zero-order chi connectivity index (χ0) is 11.8. The van der Waals surface area contributed by atoms with Gasteiger partial charge >= 0.3 is 0 Å². The van der Waals surface area contributed by atoms with Gasteiger partial charge in [0, 0.05) is 24.5 Å². The molecule has 1 atom stereocenters. The molecule has 0 N–H and O–H groups in total. The number of carbonyl (C=O) groups is 1. The zero-order valence-corrected chi connectivity index (χ0v) is 9.89. The number of carbonyl (C=O) groups excluding carboxylic acids is 1. The molecular formula is C13H11ClN2O. The van der Waals surface area contributed by atoms with Gasteiger partial charge in [-0.05, 0) is 11.5 Å². The van der Waals surface area contributed by atoms with Crippen molar-refractivity contribution >= 4 is 34.1 Å². The van der Waals surface area contributed by atoms with Crippen LogP contribution >= 0.6 is 11.6 Å². The van der Waals surface area contributed by atoms with E-state index in [1.165, 1.54) is 0 Å². The molecule has 1 aliphatic rings. The number of hydrogen-bond donors (Lipinski definition) is 0. The van der Waals surface area contributed by atoms with Gasteiger partial charge in [-0.15, -0.1) is 11.6 Å². The molecule has 0 aliphatic carbocycles. The number of benzene rings is 1. The van der Waals surface area contributed by atoms with Crippen molar-refractivity contribution in [3.8, 4) is 0 Å². The third-order valence-corrected chi connectivity index (χ3v) is 3.28. The Hall–Kier alpha value is -1.61. The van der Waals surface area contributed by atoms with Crippen molar-refractivity contribution in [2.45, 2.75) is 11.8 Å². The molecule has 1 unspecified atom stereocenters. The van der Waals surface area contributed by atoms with Crippen LogP contribution < -0.4 is 4.90 Å². The van der Waals surface area contributed by atoms with E-state index in [1.54, 1.807) is 11.1 Å². The Morgan fingerprint density at radius 3 is 2.88 bits per heavy atom. The van der Waals surface area contributed by atoms with Crippen LogP contribution in [0.2, 0.25) is 0 Å². The van der Waals surface area contributed by atoms with Crippen molar-refractivity contribution in [3.05, 3.63) is 36.5 Å². The van der Waals surface area contributed by atoms with Crippen LogP contribution in [0.1, 0.15) is 6.42 Å². The largest absolute Gasteiger partial charge is 0.295 e. The van der Waals surface area contributed by atoms with Gasteiger partial charge in [-0.2, -0.15) is 0 Å².